The summed E-state index contributed by atoms with van der Waals surface area (Å²) in [5.41, 5.74) is 0.999. The molecule has 0 saturated heterocycles. The molecule has 19 heavy (non-hydrogen) atoms. The lowest BCUT2D eigenvalue weighted by Gasteiger charge is -2.21. The fourth-order valence-electron chi connectivity index (χ4n) is 1.63. The second-order valence-electron chi connectivity index (χ2n) is 4.03. The Morgan fingerprint density at radius 3 is 2.79 bits per heavy atom. The first kappa shape index (κ1) is 14.9. The molecule has 0 radical (unpaired) electrons. The number of nitrogens with zero attached hydrogens (tertiary/aromatic N) is 4. The second kappa shape index (κ2) is 7.31. The normalized spacial score (nSPS) is 9.79. The molecule has 0 saturated carbocycles. The third kappa shape index (κ3) is 4.54. The average molecular weight is 262 g/mol. The predicted octanol–water partition coefficient (Wildman–Crippen LogP) is 1.44. The number of aryl methyl sites for hydroxylation is 1. The van der Waals surface area contributed by atoms with Gasteiger partial charge in [0.15, 0.2) is 0 Å². The van der Waals surface area contributed by atoms with E-state index in [1.54, 1.807) is 24.8 Å². The molecule has 1 aromatic rings. The number of carbonyl (C=O) groups excluding carboxylic acids is 1. The molecule has 0 spiro atoms. The van der Waals surface area contributed by atoms with Gasteiger partial charge in [-0.05, 0) is 26.3 Å². The molecule has 0 atom stereocenters. The quantitative estimate of drug-likeness (QED) is 0.722. The van der Waals surface area contributed by atoms with E-state index in [1.807, 2.05) is 13.0 Å². The van der Waals surface area contributed by atoms with Crippen LogP contribution in [0.1, 0.15) is 31.7 Å². The van der Waals surface area contributed by atoms with E-state index >= 15 is 0 Å². The van der Waals surface area contributed by atoms with E-state index in [4.69, 9.17) is 10.00 Å². The largest absolute Gasteiger partial charge is 0.465 e. The lowest BCUT2D eigenvalue weighted by atomic mass is 10.3. The van der Waals surface area contributed by atoms with Crippen molar-refractivity contribution >= 4 is 11.9 Å². The monoisotopic (exact) mass is 262 g/mol. The van der Waals surface area contributed by atoms with Crippen molar-refractivity contribution < 1.29 is 9.53 Å². The number of anilines is 1. The molecule has 6 nitrogen and oxygen atoms in total. The zero-order valence-electron chi connectivity index (χ0n) is 11.5. The van der Waals surface area contributed by atoms with Crippen molar-refractivity contribution in [1.82, 2.24) is 9.97 Å². The Hall–Kier alpha value is -2.16. The van der Waals surface area contributed by atoms with Gasteiger partial charge < -0.3 is 9.64 Å². The molecule has 0 bridgehead atoms. The number of rotatable bonds is 6. The molecule has 0 aliphatic rings. The van der Waals surface area contributed by atoms with E-state index in [0.29, 0.717) is 30.5 Å². The van der Waals surface area contributed by atoms with Gasteiger partial charge in [-0.15, -0.1) is 0 Å². The maximum Gasteiger partial charge on any atom is 0.325 e. The van der Waals surface area contributed by atoms with Crippen LogP contribution < -0.4 is 4.90 Å². The predicted molar refractivity (Wildman–Crippen MR) is 70.6 cm³/mol. The smallest absolute Gasteiger partial charge is 0.325 e. The van der Waals surface area contributed by atoms with Crippen LogP contribution in [0, 0.1) is 18.3 Å². The first-order valence-corrected chi connectivity index (χ1v) is 6.27. The highest BCUT2D eigenvalue weighted by atomic mass is 16.5. The van der Waals surface area contributed by atoms with Crippen LogP contribution in [0.3, 0.4) is 0 Å². The van der Waals surface area contributed by atoms with Crippen LogP contribution in [0.15, 0.2) is 6.07 Å². The number of nitriles is 1. The van der Waals surface area contributed by atoms with Crippen LogP contribution in [-0.2, 0) is 9.53 Å². The van der Waals surface area contributed by atoms with Crippen LogP contribution in [0.2, 0.25) is 0 Å². The van der Waals surface area contributed by atoms with Gasteiger partial charge in [0.2, 0.25) is 5.95 Å². The molecule has 1 heterocycles. The van der Waals surface area contributed by atoms with Gasteiger partial charge in [0.25, 0.3) is 0 Å². The number of ether oxygens (including phenoxy) is 1. The van der Waals surface area contributed by atoms with E-state index in [-0.39, 0.29) is 12.5 Å². The molecule has 0 N–H and O–H groups in total. The number of hydrogen-bond acceptors (Lipinski definition) is 6. The van der Waals surface area contributed by atoms with Gasteiger partial charge in [0, 0.05) is 12.2 Å². The molecule has 0 aromatic carbocycles. The van der Waals surface area contributed by atoms with Gasteiger partial charge in [0.05, 0.1) is 6.61 Å². The Labute approximate surface area is 113 Å². The topological polar surface area (TPSA) is 79.1 Å². The highest BCUT2D eigenvalue weighted by Crippen LogP contribution is 2.10. The van der Waals surface area contributed by atoms with Crippen LogP contribution in [0.5, 0.6) is 0 Å². The van der Waals surface area contributed by atoms with Gasteiger partial charge in [-0.3, -0.25) is 4.79 Å². The lowest BCUT2D eigenvalue weighted by molar-refractivity contribution is -0.141. The first-order chi connectivity index (χ1) is 9.10. The summed E-state index contributed by atoms with van der Waals surface area (Å²) in [4.78, 5) is 21.7. The van der Waals surface area contributed by atoms with E-state index in [1.165, 1.54) is 0 Å². The maximum absolute atomic E-state index is 11.6. The summed E-state index contributed by atoms with van der Waals surface area (Å²) in [5, 5.41) is 8.91. The minimum absolute atomic E-state index is 0.0933. The average Bonchev–Trinajstić information content (AvgIpc) is 2.37. The Bertz CT molecular complexity index is 482. The summed E-state index contributed by atoms with van der Waals surface area (Å²) in [7, 11) is 0. The summed E-state index contributed by atoms with van der Waals surface area (Å²) in [6.07, 6.45) is 0.846. The summed E-state index contributed by atoms with van der Waals surface area (Å²) in [5.74, 6) is 0.0750. The van der Waals surface area contributed by atoms with Crippen LogP contribution >= 0.6 is 0 Å². The van der Waals surface area contributed by atoms with Crippen molar-refractivity contribution in [2.75, 3.05) is 24.6 Å². The number of aromatic nitrogens is 2. The Balaban J connectivity index is 2.95. The van der Waals surface area contributed by atoms with Gasteiger partial charge >= 0.3 is 5.97 Å². The van der Waals surface area contributed by atoms with Gasteiger partial charge in [-0.1, -0.05) is 6.92 Å². The zero-order chi connectivity index (χ0) is 14.3. The molecular weight excluding hydrogens is 244 g/mol. The van der Waals surface area contributed by atoms with Crippen molar-refractivity contribution in [1.29, 1.82) is 5.26 Å². The van der Waals surface area contributed by atoms with E-state index in [0.717, 1.165) is 6.42 Å². The molecule has 0 aliphatic carbocycles. The molecule has 102 valence electrons. The second-order valence-corrected chi connectivity index (χ2v) is 4.03. The van der Waals surface area contributed by atoms with Crippen molar-refractivity contribution in [3.63, 3.8) is 0 Å². The SMILES string of the molecule is CCCN(CC(=O)OCC)c1nc(C)cc(C#N)n1. The fraction of sp³-hybridized carbons (Fsp3) is 0.538. The Morgan fingerprint density at radius 2 is 2.21 bits per heavy atom. The summed E-state index contributed by atoms with van der Waals surface area (Å²) < 4.78 is 4.93. The van der Waals surface area contributed by atoms with Crippen molar-refractivity contribution in [2.45, 2.75) is 27.2 Å². The highest BCUT2D eigenvalue weighted by molar-refractivity contribution is 5.75. The third-order valence-corrected chi connectivity index (χ3v) is 2.36. The number of hydrogen-bond donors (Lipinski definition) is 0. The van der Waals surface area contributed by atoms with Crippen LogP contribution in [-0.4, -0.2) is 35.6 Å². The summed E-state index contributed by atoms with van der Waals surface area (Å²) in [6, 6.07) is 3.60. The molecule has 1 rings (SSSR count). The van der Waals surface area contributed by atoms with E-state index in [9.17, 15) is 4.79 Å². The molecule has 0 unspecified atom stereocenters. The third-order valence-electron chi connectivity index (χ3n) is 2.36. The van der Waals surface area contributed by atoms with E-state index < -0.39 is 0 Å². The van der Waals surface area contributed by atoms with E-state index in [2.05, 4.69) is 9.97 Å². The molecule has 0 fully saturated rings. The van der Waals surface area contributed by atoms with Crippen molar-refractivity contribution in [2.24, 2.45) is 0 Å². The maximum atomic E-state index is 11.6. The minimum Gasteiger partial charge on any atom is -0.465 e. The van der Waals surface area contributed by atoms with Gasteiger partial charge in [0.1, 0.15) is 18.3 Å². The van der Waals surface area contributed by atoms with Crippen LogP contribution in [0.4, 0.5) is 5.95 Å². The molecule has 6 heteroatoms. The van der Waals surface area contributed by atoms with Crippen molar-refractivity contribution in [3.05, 3.63) is 17.5 Å². The zero-order valence-corrected chi connectivity index (χ0v) is 11.5. The standard InChI is InChI=1S/C13H18N4O2/c1-4-6-17(9-12(18)19-5-2)13-15-10(3)7-11(8-14)16-13/h7H,4-6,9H2,1-3H3. The minimum atomic E-state index is -0.320. The highest BCUT2D eigenvalue weighted by Gasteiger charge is 2.15. The van der Waals surface area contributed by atoms with Gasteiger partial charge in [-0.25, -0.2) is 9.97 Å². The van der Waals surface area contributed by atoms with Crippen molar-refractivity contribution in [3.8, 4) is 6.07 Å². The number of carbonyl (C=O) groups is 1. The Morgan fingerprint density at radius 1 is 1.47 bits per heavy atom. The summed E-state index contributed by atoms with van der Waals surface area (Å²) >= 11 is 0. The summed E-state index contributed by atoms with van der Waals surface area (Å²) in [6.45, 7) is 6.62. The Kier molecular flexibility index (Phi) is 5.73. The lowest BCUT2D eigenvalue weighted by Crippen LogP contribution is -2.33. The van der Waals surface area contributed by atoms with Crippen LogP contribution in [0.25, 0.3) is 0 Å². The molecule has 1 aromatic heterocycles. The number of esters is 1. The first-order valence-electron chi connectivity index (χ1n) is 6.27. The molecule has 0 aliphatic heterocycles. The molecular formula is C13H18N4O2. The molecule has 0 amide bonds. The van der Waals surface area contributed by atoms with Gasteiger partial charge in [-0.2, -0.15) is 5.26 Å². The fourth-order valence-corrected chi connectivity index (χ4v) is 1.63.